The van der Waals surface area contributed by atoms with Gasteiger partial charge in [0.2, 0.25) is 0 Å². The molecule has 0 heterocycles. The molecule has 0 aliphatic heterocycles. The van der Waals surface area contributed by atoms with E-state index in [0.29, 0.717) is 4.99 Å². The molecule has 0 fully saturated rings. The molecule has 1 atom stereocenters. The summed E-state index contributed by atoms with van der Waals surface area (Å²) >= 11 is 6.49. The van der Waals surface area contributed by atoms with Crippen LogP contribution in [0, 0.1) is 13.8 Å². The molecular weight excluding hydrogens is 408 g/mol. The fourth-order valence-electron chi connectivity index (χ4n) is 2.39. The molecule has 0 amide bonds. The fraction of sp³-hybridized carbons (Fsp3) is 0.381. The van der Waals surface area contributed by atoms with Crippen LogP contribution in [0.15, 0.2) is 36.4 Å². The van der Waals surface area contributed by atoms with Crippen LogP contribution in [0.3, 0.4) is 0 Å². The van der Waals surface area contributed by atoms with Crippen LogP contribution in [-0.2, 0) is 9.47 Å². The van der Waals surface area contributed by atoms with Gasteiger partial charge < -0.3 is 30.4 Å². The lowest BCUT2D eigenvalue weighted by atomic mass is 10.1. The van der Waals surface area contributed by atoms with Crippen molar-refractivity contribution in [3.05, 3.63) is 58.7 Å². The highest BCUT2D eigenvalue weighted by Gasteiger charge is 2.06. The summed E-state index contributed by atoms with van der Waals surface area (Å²) in [4.78, 5) is 0.371. The highest BCUT2D eigenvalue weighted by molar-refractivity contribution is 7.98. The number of hydrogen-bond acceptors (Lipinski definition) is 7. The lowest BCUT2D eigenvalue weighted by molar-refractivity contribution is 0.0509. The van der Waals surface area contributed by atoms with Gasteiger partial charge in [0.25, 0.3) is 0 Å². The Labute approximate surface area is 182 Å². The minimum Gasteiger partial charge on any atom is -0.468 e. The first-order valence-corrected chi connectivity index (χ1v) is 10.5. The van der Waals surface area contributed by atoms with E-state index in [2.05, 4.69) is 6.07 Å². The summed E-state index contributed by atoms with van der Waals surface area (Å²) in [7, 11) is 3.18. The fourth-order valence-corrected chi connectivity index (χ4v) is 2.91. The second-order valence-corrected chi connectivity index (χ2v) is 7.66. The predicted molar refractivity (Wildman–Crippen MR) is 124 cm³/mol. The van der Waals surface area contributed by atoms with Crippen molar-refractivity contribution < 1.29 is 18.9 Å². The van der Waals surface area contributed by atoms with Crippen LogP contribution < -0.4 is 20.9 Å². The van der Waals surface area contributed by atoms with Crippen LogP contribution >= 0.6 is 24.0 Å². The molecule has 0 aliphatic carbocycles. The van der Waals surface area contributed by atoms with Gasteiger partial charge in [-0.3, -0.25) is 0 Å². The summed E-state index contributed by atoms with van der Waals surface area (Å²) in [6.07, 6.45) is 1.99. The molecule has 0 aliphatic rings. The van der Waals surface area contributed by atoms with Gasteiger partial charge in [-0.15, -0.1) is 11.8 Å². The van der Waals surface area contributed by atoms with Gasteiger partial charge in [0.1, 0.15) is 16.5 Å². The number of aryl methyl sites for hydroxylation is 2. The number of ether oxygens (including phenoxy) is 4. The smallest absolute Gasteiger partial charge is 0.188 e. The zero-order chi connectivity index (χ0) is 21.8. The maximum Gasteiger partial charge on any atom is 0.188 e. The molecule has 29 heavy (non-hydrogen) atoms. The quantitative estimate of drug-likeness (QED) is 0.450. The zero-order valence-electron chi connectivity index (χ0n) is 17.6. The Kier molecular flexibility index (Phi) is 11.6. The van der Waals surface area contributed by atoms with E-state index in [-0.39, 0.29) is 19.0 Å². The Morgan fingerprint density at radius 1 is 0.931 bits per heavy atom. The monoisotopic (exact) mass is 438 g/mol. The van der Waals surface area contributed by atoms with Gasteiger partial charge >= 0.3 is 0 Å². The average Bonchev–Trinajstić information content (AvgIpc) is 2.69. The molecule has 0 saturated heterocycles. The summed E-state index contributed by atoms with van der Waals surface area (Å²) < 4.78 is 20.3. The van der Waals surface area contributed by atoms with Crippen LogP contribution in [0.5, 0.6) is 11.5 Å². The number of rotatable bonds is 9. The van der Waals surface area contributed by atoms with Crippen molar-refractivity contribution in [1.29, 1.82) is 0 Å². The van der Waals surface area contributed by atoms with Crippen molar-refractivity contribution in [2.75, 3.05) is 34.1 Å². The van der Waals surface area contributed by atoms with E-state index in [4.69, 9.17) is 42.6 Å². The van der Waals surface area contributed by atoms with Gasteiger partial charge in [0.15, 0.2) is 13.6 Å². The first-order chi connectivity index (χ1) is 13.8. The minimum atomic E-state index is -0.00482. The van der Waals surface area contributed by atoms with Crippen LogP contribution in [0.2, 0.25) is 0 Å². The first-order valence-electron chi connectivity index (χ1n) is 8.85. The standard InChI is InChI=1S/C11H17NO2S.C10H13NO2S/c1-8-4-9(11(12)15-3)6-10(5-8)14-7-13-2;1-7-3-8(10(11)14)5-9(4-7)13-6-12-2/h4-6,11H,7,12H2,1-3H3;3-5H,6H2,1-2H3,(H2,11,14). The molecule has 4 N–H and O–H groups in total. The van der Waals surface area contributed by atoms with E-state index in [1.54, 1.807) is 32.0 Å². The highest BCUT2D eigenvalue weighted by Crippen LogP contribution is 2.26. The molecule has 2 aromatic rings. The molecule has 2 rings (SSSR count). The second kappa shape index (κ2) is 13.4. The molecular formula is C21H30N2O4S2. The Hall–Kier alpha value is -1.84. The molecule has 0 spiro atoms. The molecule has 0 bridgehead atoms. The van der Waals surface area contributed by atoms with Crippen molar-refractivity contribution in [2.24, 2.45) is 11.5 Å². The maximum absolute atomic E-state index is 5.94. The Bertz CT molecular complexity index is 787. The van der Waals surface area contributed by atoms with Crippen LogP contribution in [-0.4, -0.2) is 39.0 Å². The van der Waals surface area contributed by atoms with E-state index in [1.165, 1.54) is 0 Å². The Morgan fingerprint density at radius 3 is 1.93 bits per heavy atom. The molecule has 1 unspecified atom stereocenters. The van der Waals surface area contributed by atoms with E-state index < -0.39 is 0 Å². The first kappa shape index (κ1) is 25.2. The number of hydrogen-bond donors (Lipinski definition) is 2. The third-order valence-electron chi connectivity index (χ3n) is 3.68. The third-order valence-corrected chi connectivity index (χ3v) is 4.69. The van der Waals surface area contributed by atoms with Crippen LogP contribution in [0.1, 0.15) is 27.6 Å². The van der Waals surface area contributed by atoms with E-state index in [9.17, 15) is 0 Å². The Balaban J connectivity index is 0.000000291. The lowest BCUT2D eigenvalue weighted by Gasteiger charge is -2.12. The van der Waals surface area contributed by atoms with Gasteiger partial charge in [0.05, 0.1) is 5.37 Å². The molecule has 2 aromatic carbocycles. The van der Waals surface area contributed by atoms with Gasteiger partial charge in [-0.25, -0.2) is 0 Å². The molecule has 160 valence electrons. The third kappa shape index (κ3) is 9.47. The minimum absolute atomic E-state index is 0.00482. The van der Waals surface area contributed by atoms with Crippen molar-refractivity contribution >= 4 is 29.0 Å². The van der Waals surface area contributed by atoms with Gasteiger partial charge in [-0.05, 0) is 67.1 Å². The normalized spacial score (nSPS) is 11.2. The van der Waals surface area contributed by atoms with E-state index >= 15 is 0 Å². The molecule has 6 nitrogen and oxygen atoms in total. The lowest BCUT2D eigenvalue weighted by Crippen LogP contribution is -2.10. The Morgan fingerprint density at radius 2 is 1.45 bits per heavy atom. The number of nitrogens with two attached hydrogens (primary N) is 2. The highest BCUT2D eigenvalue weighted by atomic mass is 32.2. The van der Waals surface area contributed by atoms with E-state index in [0.717, 1.165) is 33.8 Å². The number of methoxy groups -OCH3 is 2. The van der Waals surface area contributed by atoms with Crippen molar-refractivity contribution in [1.82, 2.24) is 0 Å². The van der Waals surface area contributed by atoms with Crippen molar-refractivity contribution in [3.8, 4) is 11.5 Å². The average molecular weight is 439 g/mol. The summed E-state index contributed by atoms with van der Waals surface area (Å²) in [6, 6.07) is 11.6. The second-order valence-electron chi connectivity index (χ2n) is 6.24. The number of thiocarbonyl (C=S) groups is 1. The van der Waals surface area contributed by atoms with Crippen molar-refractivity contribution in [2.45, 2.75) is 19.2 Å². The topological polar surface area (TPSA) is 89.0 Å². The maximum atomic E-state index is 5.94. The molecule has 0 aromatic heterocycles. The van der Waals surface area contributed by atoms with Gasteiger partial charge in [0, 0.05) is 19.8 Å². The molecule has 0 saturated carbocycles. The SMILES string of the molecule is COCOc1cc(C)cc(C(N)=S)c1.COCOc1cc(C)cc(C(N)SC)c1. The molecule has 0 radical (unpaired) electrons. The summed E-state index contributed by atoms with van der Waals surface area (Å²) in [6.45, 7) is 4.47. The van der Waals surface area contributed by atoms with Gasteiger partial charge in [-0.1, -0.05) is 18.3 Å². The summed E-state index contributed by atoms with van der Waals surface area (Å²) in [5.41, 5.74) is 15.5. The van der Waals surface area contributed by atoms with Crippen molar-refractivity contribution in [3.63, 3.8) is 0 Å². The summed E-state index contributed by atoms with van der Waals surface area (Å²) in [5, 5.41) is -0.00482. The van der Waals surface area contributed by atoms with Crippen LogP contribution in [0.25, 0.3) is 0 Å². The molecule has 8 heteroatoms. The summed E-state index contributed by atoms with van der Waals surface area (Å²) in [5.74, 6) is 1.52. The predicted octanol–water partition coefficient (Wildman–Crippen LogP) is 3.91. The number of benzene rings is 2. The number of thioether (sulfide) groups is 1. The largest absolute Gasteiger partial charge is 0.468 e. The van der Waals surface area contributed by atoms with Gasteiger partial charge in [-0.2, -0.15) is 0 Å². The van der Waals surface area contributed by atoms with E-state index in [1.807, 2.05) is 44.4 Å². The zero-order valence-corrected chi connectivity index (χ0v) is 19.2. The van der Waals surface area contributed by atoms with Crippen LogP contribution in [0.4, 0.5) is 0 Å².